The molecule has 170 valence electrons. The largest absolute Gasteiger partial charge is 0.345 e. The zero-order valence-corrected chi connectivity index (χ0v) is 14.4. The standard InChI is InChI=1S/C17H4F14/c1-2-3-8(19)11(22)5(7(2)18)16(28,29)17(30,31)6-12(23)9(20)4(10(21)13(6)24)15(26,27)14(3)25/h14H,1H3. The minimum Gasteiger partial charge on any atom is -0.235 e. The molecule has 0 saturated heterocycles. The van der Waals surface area contributed by atoms with E-state index < -0.39 is 92.5 Å². The second-order valence-corrected chi connectivity index (χ2v) is 6.50. The number of alkyl halides is 7. The summed E-state index contributed by atoms with van der Waals surface area (Å²) in [6.07, 6.45) is -4.49. The molecule has 1 atom stereocenters. The van der Waals surface area contributed by atoms with Crippen LogP contribution in [0.25, 0.3) is 0 Å². The maximum Gasteiger partial charge on any atom is 0.345 e. The molecule has 1 unspecified atom stereocenters. The lowest BCUT2D eigenvalue weighted by Gasteiger charge is -2.32. The Balaban J connectivity index is 2.71. The molecule has 0 fully saturated rings. The van der Waals surface area contributed by atoms with E-state index in [4.69, 9.17) is 0 Å². The average Bonchev–Trinajstić information content (AvgIpc) is 2.64. The van der Waals surface area contributed by atoms with Crippen LogP contribution in [0.5, 0.6) is 0 Å². The quantitative estimate of drug-likeness (QED) is 0.286. The van der Waals surface area contributed by atoms with Gasteiger partial charge in [-0.1, -0.05) is 0 Å². The first-order chi connectivity index (χ1) is 13.9. The zero-order chi connectivity index (χ0) is 24.0. The van der Waals surface area contributed by atoms with E-state index in [9.17, 15) is 61.5 Å². The Hall–Kier alpha value is -2.54. The van der Waals surface area contributed by atoms with Crippen LogP contribution in [-0.2, 0) is 17.8 Å². The summed E-state index contributed by atoms with van der Waals surface area (Å²) in [5.41, 5.74) is -14.3. The normalized spacial score (nSPS) is 21.2. The fourth-order valence-electron chi connectivity index (χ4n) is 3.19. The van der Waals surface area contributed by atoms with Crippen LogP contribution in [0.4, 0.5) is 61.5 Å². The van der Waals surface area contributed by atoms with Crippen molar-refractivity contribution in [2.75, 3.05) is 0 Å². The first-order valence-electron chi connectivity index (χ1n) is 7.75. The van der Waals surface area contributed by atoms with Crippen LogP contribution in [0.1, 0.15) is 34.0 Å². The third-order valence-corrected chi connectivity index (χ3v) is 4.79. The predicted molar refractivity (Wildman–Crippen MR) is 72.9 cm³/mol. The van der Waals surface area contributed by atoms with Gasteiger partial charge >= 0.3 is 17.8 Å². The number of hydrogen-bond donors (Lipinski definition) is 0. The van der Waals surface area contributed by atoms with Crippen molar-refractivity contribution in [2.45, 2.75) is 30.9 Å². The summed E-state index contributed by atoms with van der Waals surface area (Å²) < 4.78 is 200. The van der Waals surface area contributed by atoms with Crippen molar-refractivity contribution < 1.29 is 61.5 Å². The van der Waals surface area contributed by atoms with E-state index in [0.29, 0.717) is 0 Å². The van der Waals surface area contributed by atoms with Crippen molar-refractivity contribution in [3.05, 3.63) is 68.5 Å². The molecule has 6 rings (SSSR count). The Morgan fingerprint density at radius 1 is 0.516 bits per heavy atom. The third kappa shape index (κ3) is 2.62. The second kappa shape index (κ2) is 6.48. The molecule has 0 spiro atoms. The van der Waals surface area contributed by atoms with Crippen LogP contribution in [0.3, 0.4) is 0 Å². The zero-order valence-electron chi connectivity index (χ0n) is 14.4. The van der Waals surface area contributed by atoms with E-state index in [1.165, 1.54) is 0 Å². The Morgan fingerprint density at radius 2 is 0.839 bits per heavy atom. The van der Waals surface area contributed by atoms with Crippen LogP contribution in [0.2, 0.25) is 0 Å². The highest BCUT2D eigenvalue weighted by atomic mass is 19.3. The lowest BCUT2D eigenvalue weighted by molar-refractivity contribution is -0.230. The summed E-state index contributed by atoms with van der Waals surface area (Å²) in [5, 5.41) is 0. The molecule has 0 aliphatic heterocycles. The number of benzene rings is 2. The first-order valence-corrected chi connectivity index (χ1v) is 7.75. The van der Waals surface area contributed by atoms with E-state index >= 15 is 0 Å². The molecule has 4 bridgehead atoms. The smallest absolute Gasteiger partial charge is 0.235 e. The Kier molecular flexibility index (Phi) is 4.84. The molecular weight excluding hydrogens is 470 g/mol. The maximum absolute atomic E-state index is 14.5. The van der Waals surface area contributed by atoms with Gasteiger partial charge in [0.2, 0.25) is 0 Å². The van der Waals surface area contributed by atoms with Crippen molar-refractivity contribution in [3.8, 4) is 0 Å². The fraction of sp³-hybridized carbons (Fsp3) is 0.294. The van der Waals surface area contributed by atoms with Gasteiger partial charge in [-0.25, -0.2) is 35.1 Å². The van der Waals surface area contributed by atoms with Crippen LogP contribution >= 0.6 is 0 Å². The van der Waals surface area contributed by atoms with Gasteiger partial charge in [0.1, 0.15) is 22.5 Å². The number of halogens is 14. The number of hydrogen-bond acceptors (Lipinski definition) is 0. The monoisotopic (exact) mass is 474 g/mol. The van der Waals surface area contributed by atoms with Gasteiger partial charge in [-0.05, 0) is 12.5 Å². The Morgan fingerprint density at radius 3 is 1.26 bits per heavy atom. The van der Waals surface area contributed by atoms with Gasteiger partial charge in [-0.3, -0.25) is 0 Å². The van der Waals surface area contributed by atoms with Crippen LogP contribution in [0.15, 0.2) is 0 Å². The summed E-state index contributed by atoms with van der Waals surface area (Å²) in [5.74, 6) is -41.8. The second-order valence-electron chi connectivity index (χ2n) is 6.50. The van der Waals surface area contributed by atoms with Crippen molar-refractivity contribution in [1.82, 2.24) is 0 Å². The fourth-order valence-corrected chi connectivity index (χ4v) is 3.19. The van der Waals surface area contributed by atoms with Crippen molar-refractivity contribution >= 4 is 0 Å². The van der Waals surface area contributed by atoms with E-state index in [1.807, 2.05) is 0 Å². The molecule has 0 N–H and O–H groups in total. The van der Waals surface area contributed by atoms with Gasteiger partial charge in [-0.2, -0.15) is 26.3 Å². The maximum atomic E-state index is 14.5. The summed E-state index contributed by atoms with van der Waals surface area (Å²) in [6.45, 7) is 0.106. The van der Waals surface area contributed by atoms with Gasteiger partial charge in [0, 0.05) is 5.56 Å². The summed E-state index contributed by atoms with van der Waals surface area (Å²) in [6, 6.07) is 0. The molecule has 31 heavy (non-hydrogen) atoms. The van der Waals surface area contributed by atoms with Crippen LogP contribution < -0.4 is 0 Å². The molecule has 2 aromatic carbocycles. The molecule has 0 amide bonds. The highest BCUT2D eigenvalue weighted by Gasteiger charge is 2.66. The van der Waals surface area contributed by atoms with Gasteiger partial charge in [-0.15, -0.1) is 0 Å². The Bertz CT molecular complexity index is 1060. The van der Waals surface area contributed by atoms with Gasteiger partial charge in [0.15, 0.2) is 41.1 Å². The number of rotatable bonds is 0. The molecule has 0 aromatic heterocycles. The molecule has 0 radical (unpaired) electrons. The lowest BCUT2D eigenvalue weighted by Crippen LogP contribution is -2.41. The van der Waals surface area contributed by atoms with E-state index in [2.05, 4.69) is 0 Å². The summed E-state index contributed by atoms with van der Waals surface area (Å²) in [7, 11) is 0. The summed E-state index contributed by atoms with van der Waals surface area (Å²) >= 11 is 0. The van der Waals surface area contributed by atoms with Gasteiger partial charge < -0.3 is 0 Å². The van der Waals surface area contributed by atoms with E-state index in [1.54, 1.807) is 0 Å². The van der Waals surface area contributed by atoms with Crippen LogP contribution in [-0.4, -0.2) is 0 Å². The van der Waals surface area contributed by atoms with Gasteiger partial charge in [0.05, 0.1) is 0 Å². The minimum absolute atomic E-state index is 0.106. The van der Waals surface area contributed by atoms with Crippen LogP contribution in [0, 0.1) is 47.6 Å². The lowest BCUT2D eigenvalue weighted by atomic mass is 9.85. The minimum atomic E-state index is -6.55. The van der Waals surface area contributed by atoms with Crippen molar-refractivity contribution in [2.24, 2.45) is 0 Å². The van der Waals surface area contributed by atoms with Crippen molar-refractivity contribution in [1.29, 1.82) is 0 Å². The third-order valence-electron chi connectivity index (χ3n) is 4.79. The Labute approximate surface area is 162 Å². The molecular formula is C17H4F14. The molecule has 0 saturated carbocycles. The topological polar surface area (TPSA) is 0 Å². The molecule has 14 heteroatoms. The van der Waals surface area contributed by atoms with E-state index in [-0.39, 0.29) is 6.92 Å². The highest BCUT2D eigenvalue weighted by Crippen LogP contribution is 2.57. The molecule has 0 heterocycles. The van der Waals surface area contributed by atoms with Crippen molar-refractivity contribution in [3.63, 3.8) is 0 Å². The first kappa shape index (κ1) is 23.1. The molecule has 4 aliphatic carbocycles. The SMILES string of the molecule is Cc1c(F)c2c(F)c(F)c1C(F)C(F)(F)c1c(F)c(F)c(c(F)c1F)C(F)(F)C2(F)F. The summed E-state index contributed by atoms with van der Waals surface area (Å²) in [4.78, 5) is 0. The average molecular weight is 474 g/mol. The molecule has 4 aliphatic rings. The highest BCUT2D eigenvalue weighted by molar-refractivity contribution is 5.46. The predicted octanol–water partition coefficient (Wildman–Crippen LogP) is 6.97. The van der Waals surface area contributed by atoms with Gasteiger partial charge in [0.25, 0.3) is 0 Å². The molecule has 0 nitrogen and oxygen atoms in total. The molecule has 2 aromatic rings. The van der Waals surface area contributed by atoms with E-state index in [0.717, 1.165) is 0 Å².